The summed E-state index contributed by atoms with van der Waals surface area (Å²) in [5.41, 5.74) is 6.19. The maximum atomic E-state index is 12.8. The first-order valence-corrected chi connectivity index (χ1v) is 9.04. The fourth-order valence-electron chi connectivity index (χ4n) is 3.67. The number of nitrogens with two attached hydrogens (primary N) is 1. The fourth-order valence-corrected chi connectivity index (χ4v) is 3.67. The summed E-state index contributed by atoms with van der Waals surface area (Å²) < 4.78 is 4.90. The van der Waals surface area contributed by atoms with Crippen LogP contribution < -0.4 is 11.4 Å². The van der Waals surface area contributed by atoms with Gasteiger partial charge in [0.1, 0.15) is 5.82 Å². The van der Waals surface area contributed by atoms with E-state index in [0.29, 0.717) is 35.7 Å². The van der Waals surface area contributed by atoms with Gasteiger partial charge in [-0.05, 0) is 18.2 Å². The molecule has 0 saturated heterocycles. The van der Waals surface area contributed by atoms with Gasteiger partial charge in [0, 0.05) is 50.2 Å². The number of anilines is 1. The average molecular weight is 387 g/mol. The van der Waals surface area contributed by atoms with Crippen molar-refractivity contribution in [3.05, 3.63) is 64.7 Å². The molecule has 4 heterocycles. The highest BCUT2D eigenvalue weighted by molar-refractivity contribution is 5.79. The molecule has 1 aliphatic rings. The molecule has 0 saturated carbocycles. The zero-order valence-electron chi connectivity index (χ0n) is 15.6. The van der Waals surface area contributed by atoms with Crippen LogP contribution in [0.2, 0.25) is 0 Å². The molecule has 144 valence electrons. The first-order chi connectivity index (χ1) is 14.0. The lowest BCUT2D eigenvalue weighted by Crippen LogP contribution is -2.21. The number of rotatable bonds is 1. The van der Waals surface area contributed by atoms with Crippen molar-refractivity contribution >= 4 is 17.0 Å². The van der Waals surface area contributed by atoms with Gasteiger partial charge in [-0.2, -0.15) is 4.98 Å². The van der Waals surface area contributed by atoms with Gasteiger partial charge >= 0.3 is 5.69 Å². The van der Waals surface area contributed by atoms with Gasteiger partial charge in [-0.15, -0.1) is 0 Å². The highest BCUT2D eigenvalue weighted by Crippen LogP contribution is 2.30. The van der Waals surface area contributed by atoms with Crippen molar-refractivity contribution in [1.82, 2.24) is 28.7 Å². The Morgan fingerprint density at radius 2 is 2.07 bits per heavy atom. The topological polar surface area (TPSA) is 117 Å². The Bertz CT molecular complexity index is 1390. The number of nitrogen functional groups attached to an aromatic ring is 1. The summed E-state index contributed by atoms with van der Waals surface area (Å²) in [6.07, 6.45) is 5.48. The lowest BCUT2D eigenvalue weighted by atomic mass is 10.0. The van der Waals surface area contributed by atoms with Crippen LogP contribution >= 0.6 is 0 Å². The number of imidazole rings is 2. The third kappa shape index (κ3) is 2.61. The van der Waals surface area contributed by atoms with E-state index >= 15 is 0 Å². The summed E-state index contributed by atoms with van der Waals surface area (Å²) in [7, 11) is 1.69. The molecule has 0 spiro atoms. The molecule has 9 nitrogen and oxygen atoms in total. The number of aryl methyl sites for hydroxylation is 2. The second-order valence-electron chi connectivity index (χ2n) is 6.96. The highest BCUT2D eigenvalue weighted by atomic mass is 16.3. The van der Waals surface area contributed by atoms with E-state index in [1.54, 1.807) is 25.4 Å². The third-order valence-corrected chi connectivity index (χ3v) is 5.16. The predicted octanol–water partition coefficient (Wildman–Crippen LogP) is 0.541. The monoisotopic (exact) mass is 387 g/mol. The molecular weight excluding hydrogens is 370 g/mol. The molecule has 1 aromatic carbocycles. The second kappa shape index (κ2) is 6.05. The van der Waals surface area contributed by atoms with Crippen LogP contribution in [0.5, 0.6) is 0 Å². The maximum absolute atomic E-state index is 12.8. The summed E-state index contributed by atoms with van der Waals surface area (Å²) in [5, 5.41) is 10.9. The van der Waals surface area contributed by atoms with Gasteiger partial charge < -0.3 is 15.4 Å². The van der Waals surface area contributed by atoms with E-state index in [-0.39, 0.29) is 11.6 Å². The molecular formula is C20H17N7O2. The molecule has 1 atom stereocenters. The zero-order chi connectivity index (χ0) is 20.2. The SMILES string of the molecule is Cn1c(=O)n(-c2ccnc(N)n2)c2cc(C#C[C@@]3(O)CCn4ccnc43)ccc21. The van der Waals surface area contributed by atoms with E-state index < -0.39 is 5.60 Å². The molecule has 0 amide bonds. The summed E-state index contributed by atoms with van der Waals surface area (Å²) in [6, 6.07) is 7.06. The molecule has 1 aliphatic heterocycles. The molecule has 29 heavy (non-hydrogen) atoms. The van der Waals surface area contributed by atoms with E-state index in [0.717, 1.165) is 5.52 Å². The predicted molar refractivity (Wildman–Crippen MR) is 106 cm³/mol. The van der Waals surface area contributed by atoms with Crippen LogP contribution in [0, 0.1) is 11.8 Å². The molecule has 0 bridgehead atoms. The lowest BCUT2D eigenvalue weighted by molar-refractivity contribution is 0.0980. The molecule has 0 fully saturated rings. The van der Waals surface area contributed by atoms with Crippen molar-refractivity contribution in [2.24, 2.45) is 7.05 Å². The molecule has 3 aromatic heterocycles. The molecule has 0 radical (unpaired) electrons. The van der Waals surface area contributed by atoms with E-state index in [4.69, 9.17) is 5.73 Å². The maximum Gasteiger partial charge on any atom is 0.334 e. The van der Waals surface area contributed by atoms with Crippen LogP contribution in [-0.4, -0.2) is 33.8 Å². The second-order valence-corrected chi connectivity index (χ2v) is 6.96. The normalized spacial score (nSPS) is 17.9. The van der Waals surface area contributed by atoms with E-state index in [1.165, 1.54) is 15.3 Å². The van der Waals surface area contributed by atoms with Gasteiger partial charge in [-0.3, -0.25) is 4.57 Å². The Morgan fingerprint density at radius 1 is 1.21 bits per heavy atom. The molecule has 0 unspecified atom stereocenters. The summed E-state index contributed by atoms with van der Waals surface area (Å²) in [4.78, 5) is 25.0. The smallest absolute Gasteiger partial charge is 0.334 e. The van der Waals surface area contributed by atoms with Gasteiger partial charge in [0.25, 0.3) is 0 Å². The highest BCUT2D eigenvalue weighted by Gasteiger charge is 2.37. The first kappa shape index (κ1) is 17.2. The van der Waals surface area contributed by atoms with Gasteiger partial charge in [0.15, 0.2) is 11.4 Å². The molecule has 0 aliphatic carbocycles. The Labute approximate surface area is 165 Å². The van der Waals surface area contributed by atoms with Crippen molar-refractivity contribution in [2.45, 2.75) is 18.6 Å². The van der Waals surface area contributed by atoms with Crippen LogP contribution in [0.4, 0.5) is 5.95 Å². The van der Waals surface area contributed by atoms with Gasteiger partial charge in [0.05, 0.1) is 11.0 Å². The van der Waals surface area contributed by atoms with Crippen LogP contribution in [-0.2, 0) is 19.2 Å². The minimum Gasteiger partial charge on any atom is -0.371 e. The van der Waals surface area contributed by atoms with E-state index in [1.807, 2.05) is 22.9 Å². The summed E-state index contributed by atoms with van der Waals surface area (Å²) >= 11 is 0. The van der Waals surface area contributed by atoms with E-state index in [2.05, 4.69) is 26.8 Å². The summed E-state index contributed by atoms with van der Waals surface area (Å²) in [6.45, 7) is 0.674. The van der Waals surface area contributed by atoms with Crippen molar-refractivity contribution in [1.29, 1.82) is 0 Å². The lowest BCUT2D eigenvalue weighted by Gasteiger charge is -2.12. The fraction of sp³-hybridized carbons (Fsp3) is 0.200. The first-order valence-electron chi connectivity index (χ1n) is 9.04. The largest absolute Gasteiger partial charge is 0.371 e. The van der Waals surface area contributed by atoms with Crippen molar-refractivity contribution < 1.29 is 5.11 Å². The van der Waals surface area contributed by atoms with Crippen molar-refractivity contribution in [3.8, 4) is 17.7 Å². The Morgan fingerprint density at radius 3 is 2.90 bits per heavy atom. The van der Waals surface area contributed by atoms with E-state index in [9.17, 15) is 9.90 Å². The van der Waals surface area contributed by atoms with Crippen molar-refractivity contribution in [2.75, 3.05) is 5.73 Å². The van der Waals surface area contributed by atoms with Crippen LogP contribution in [0.3, 0.4) is 0 Å². The Hall–Kier alpha value is -3.90. The minimum atomic E-state index is -1.28. The Balaban J connectivity index is 1.64. The van der Waals surface area contributed by atoms with Crippen LogP contribution in [0.25, 0.3) is 16.9 Å². The van der Waals surface area contributed by atoms with Gasteiger partial charge in [0.2, 0.25) is 5.95 Å². The van der Waals surface area contributed by atoms with Crippen molar-refractivity contribution in [3.63, 3.8) is 0 Å². The Kier molecular flexibility index (Phi) is 3.59. The molecule has 5 rings (SSSR count). The standard InChI is InChI=1S/C20H17N7O2/c1-25-14-3-2-13(4-6-20(29)7-10-26-11-9-22-17(20)26)12-15(14)27(19(25)28)16-5-8-23-18(21)24-16/h2-3,5,8-9,11-12,29H,7,10H2,1H3,(H2,21,23,24)/t20-/m1/s1. The number of nitrogens with zero attached hydrogens (tertiary/aromatic N) is 6. The number of hydrogen-bond acceptors (Lipinski definition) is 6. The molecule has 3 N–H and O–H groups in total. The molecule has 4 aromatic rings. The minimum absolute atomic E-state index is 0.0845. The number of aliphatic hydroxyl groups is 1. The number of aromatic nitrogens is 6. The quantitative estimate of drug-likeness (QED) is 0.461. The third-order valence-electron chi connectivity index (χ3n) is 5.16. The van der Waals surface area contributed by atoms with Crippen LogP contribution in [0.15, 0.2) is 47.7 Å². The average Bonchev–Trinajstić information content (AvgIpc) is 3.37. The molecule has 9 heteroatoms. The number of hydrogen-bond donors (Lipinski definition) is 2. The van der Waals surface area contributed by atoms with Gasteiger partial charge in [-0.1, -0.05) is 11.8 Å². The van der Waals surface area contributed by atoms with Crippen LogP contribution in [0.1, 0.15) is 17.8 Å². The zero-order valence-corrected chi connectivity index (χ0v) is 15.6. The number of benzene rings is 1. The summed E-state index contributed by atoms with van der Waals surface area (Å²) in [5.74, 6) is 7.01. The number of fused-ring (bicyclic) bond motifs is 2. The van der Waals surface area contributed by atoms with Gasteiger partial charge in [-0.25, -0.2) is 19.3 Å².